The van der Waals surface area contributed by atoms with Crippen LogP contribution in [0.4, 0.5) is 5.69 Å². The van der Waals surface area contributed by atoms with Gasteiger partial charge < -0.3 is 10.6 Å². The molecule has 20 heavy (non-hydrogen) atoms. The minimum absolute atomic E-state index is 0.0553. The fourth-order valence-corrected chi connectivity index (χ4v) is 3.76. The molecule has 1 aromatic rings. The fraction of sp³-hybridized carbons (Fsp3) is 0.538. The van der Waals surface area contributed by atoms with E-state index in [0.717, 1.165) is 13.1 Å². The molecule has 0 aliphatic carbocycles. The highest BCUT2D eigenvalue weighted by atomic mass is 35.5. The third kappa shape index (κ3) is 4.63. The summed E-state index contributed by atoms with van der Waals surface area (Å²) in [4.78, 5) is 2.21. The molecule has 3 N–H and O–H groups in total. The van der Waals surface area contributed by atoms with Crippen molar-refractivity contribution in [2.75, 3.05) is 25.4 Å². The Kier molecular flexibility index (Phi) is 6.26. The number of nitrogen functional groups attached to an aromatic ring is 1. The molecular formula is C13H22ClN3O2S. The van der Waals surface area contributed by atoms with E-state index in [-0.39, 0.29) is 16.0 Å². The van der Waals surface area contributed by atoms with Gasteiger partial charge in [-0.3, -0.25) is 0 Å². The van der Waals surface area contributed by atoms with E-state index in [1.807, 2.05) is 20.8 Å². The molecule has 0 spiro atoms. The molecule has 114 valence electrons. The Morgan fingerprint density at radius 3 is 2.45 bits per heavy atom. The van der Waals surface area contributed by atoms with E-state index in [2.05, 4.69) is 9.62 Å². The largest absolute Gasteiger partial charge is 0.399 e. The Morgan fingerprint density at radius 1 is 1.35 bits per heavy atom. The maximum Gasteiger partial charge on any atom is 0.242 e. The maximum atomic E-state index is 12.3. The lowest BCUT2D eigenvalue weighted by molar-refractivity contribution is 0.282. The topological polar surface area (TPSA) is 75.4 Å². The van der Waals surface area contributed by atoms with Gasteiger partial charge in [0.2, 0.25) is 10.0 Å². The number of halogens is 1. The first-order valence-electron chi connectivity index (χ1n) is 6.59. The molecule has 0 radical (unpaired) electrons. The molecule has 1 atom stereocenters. The predicted octanol–water partition coefficient (Wildman–Crippen LogP) is 1.93. The predicted molar refractivity (Wildman–Crippen MR) is 83.4 cm³/mol. The lowest BCUT2D eigenvalue weighted by Crippen LogP contribution is -2.41. The van der Waals surface area contributed by atoms with Gasteiger partial charge in [-0.05, 0) is 38.2 Å². The molecule has 0 amide bonds. The number of hydrogen-bond acceptors (Lipinski definition) is 4. The molecule has 0 aliphatic rings. The Hall–Kier alpha value is -0.820. The van der Waals surface area contributed by atoms with Gasteiger partial charge >= 0.3 is 0 Å². The summed E-state index contributed by atoms with van der Waals surface area (Å²) in [5.74, 6) is 0. The Bertz CT molecular complexity index is 545. The van der Waals surface area contributed by atoms with E-state index in [9.17, 15) is 8.42 Å². The highest BCUT2D eigenvalue weighted by Gasteiger charge is 2.21. The molecule has 1 unspecified atom stereocenters. The highest BCUT2D eigenvalue weighted by Crippen LogP contribution is 2.23. The minimum atomic E-state index is -3.63. The SMILES string of the molecule is CCN(CC)CC(C)NS(=O)(=O)c1ccc(N)cc1Cl. The van der Waals surface area contributed by atoms with Crippen molar-refractivity contribution in [3.63, 3.8) is 0 Å². The normalized spacial score (nSPS) is 13.7. The van der Waals surface area contributed by atoms with E-state index >= 15 is 0 Å². The van der Waals surface area contributed by atoms with E-state index in [1.54, 1.807) is 0 Å². The van der Waals surface area contributed by atoms with Crippen LogP contribution in [0.2, 0.25) is 5.02 Å². The van der Waals surface area contributed by atoms with Crippen molar-refractivity contribution < 1.29 is 8.42 Å². The van der Waals surface area contributed by atoms with Crippen LogP contribution in [0.1, 0.15) is 20.8 Å². The van der Waals surface area contributed by atoms with Crippen LogP contribution in [0.25, 0.3) is 0 Å². The molecular weight excluding hydrogens is 298 g/mol. The summed E-state index contributed by atoms with van der Waals surface area (Å²) in [6.45, 7) is 8.33. The van der Waals surface area contributed by atoms with Crippen molar-refractivity contribution in [3.05, 3.63) is 23.2 Å². The second-order valence-electron chi connectivity index (χ2n) is 4.70. The number of hydrogen-bond donors (Lipinski definition) is 2. The standard InChI is InChI=1S/C13H22ClN3O2S/c1-4-17(5-2)9-10(3)16-20(18,19)13-7-6-11(15)8-12(13)14/h6-8,10,16H,4-5,9,15H2,1-3H3. The molecule has 1 rings (SSSR count). The minimum Gasteiger partial charge on any atom is -0.399 e. The summed E-state index contributed by atoms with van der Waals surface area (Å²) in [5, 5.41) is 0.132. The van der Waals surface area contributed by atoms with Gasteiger partial charge in [0.05, 0.1) is 5.02 Å². The number of rotatable bonds is 7. The van der Waals surface area contributed by atoms with E-state index in [4.69, 9.17) is 17.3 Å². The first-order chi connectivity index (χ1) is 9.30. The summed E-state index contributed by atoms with van der Waals surface area (Å²) >= 11 is 5.95. The van der Waals surface area contributed by atoms with Gasteiger partial charge in [0, 0.05) is 18.3 Å². The highest BCUT2D eigenvalue weighted by molar-refractivity contribution is 7.89. The van der Waals surface area contributed by atoms with Gasteiger partial charge in [0.15, 0.2) is 0 Å². The van der Waals surface area contributed by atoms with Gasteiger partial charge in [-0.25, -0.2) is 13.1 Å². The average molecular weight is 320 g/mol. The molecule has 7 heteroatoms. The first-order valence-corrected chi connectivity index (χ1v) is 8.46. The number of sulfonamides is 1. The van der Waals surface area contributed by atoms with E-state index < -0.39 is 10.0 Å². The number of likely N-dealkylation sites (N-methyl/N-ethyl adjacent to an activating group) is 1. The smallest absolute Gasteiger partial charge is 0.242 e. The molecule has 0 fully saturated rings. The van der Waals surface area contributed by atoms with Crippen LogP contribution >= 0.6 is 11.6 Å². The number of nitrogens with two attached hydrogens (primary N) is 1. The average Bonchev–Trinajstić information content (AvgIpc) is 2.34. The Morgan fingerprint density at radius 2 is 1.95 bits per heavy atom. The van der Waals surface area contributed by atoms with Crippen LogP contribution in [0, 0.1) is 0 Å². The molecule has 5 nitrogen and oxygen atoms in total. The molecule has 0 bridgehead atoms. The van der Waals surface area contributed by atoms with Crippen LogP contribution in [0.3, 0.4) is 0 Å². The molecule has 0 saturated carbocycles. The van der Waals surface area contributed by atoms with Crippen LogP contribution in [0.5, 0.6) is 0 Å². The number of anilines is 1. The van der Waals surface area contributed by atoms with Gasteiger partial charge in [-0.2, -0.15) is 0 Å². The Balaban J connectivity index is 2.84. The van der Waals surface area contributed by atoms with Gasteiger partial charge in [-0.1, -0.05) is 25.4 Å². The second-order valence-corrected chi connectivity index (χ2v) is 6.79. The Labute approximate surface area is 126 Å². The summed E-state index contributed by atoms with van der Waals surface area (Å²) in [6, 6.07) is 4.18. The van der Waals surface area contributed by atoms with Crippen LogP contribution in [-0.2, 0) is 10.0 Å². The van der Waals surface area contributed by atoms with Crippen molar-refractivity contribution >= 4 is 27.3 Å². The van der Waals surface area contributed by atoms with Crippen molar-refractivity contribution in [2.45, 2.75) is 31.7 Å². The van der Waals surface area contributed by atoms with Crippen molar-refractivity contribution in [1.82, 2.24) is 9.62 Å². The zero-order valence-electron chi connectivity index (χ0n) is 12.1. The number of nitrogens with zero attached hydrogens (tertiary/aromatic N) is 1. The molecule has 0 saturated heterocycles. The zero-order valence-corrected chi connectivity index (χ0v) is 13.6. The van der Waals surface area contributed by atoms with Crippen molar-refractivity contribution in [2.24, 2.45) is 0 Å². The van der Waals surface area contributed by atoms with Crippen LogP contribution in [0.15, 0.2) is 23.1 Å². The number of benzene rings is 1. The van der Waals surface area contributed by atoms with Gasteiger partial charge in [0.1, 0.15) is 4.90 Å². The zero-order chi connectivity index (χ0) is 15.3. The third-order valence-corrected chi connectivity index (χ3v) is 5.10. The lowest BCUT2D eigenvalue weighted by atomic mass is 10.3. The molecule has 0 heterocycles. The summed E-state index contributed by atoms with van der Waals surface area (Å²) in [6.07, 6.45) is 0. The van der Waals surface area contributed by atoms with E-state index in [1.165, 1.54) is 18.2 Å². The maximum absolute atomic E-state index is 12.3. The van der Waals surface area contributed by atoms with Crippen LogP contribution < -0.4 is 10.5 Å². The summed E-state index contributed by atoms with van der Waals surface area (Å²) < 4.78 is 27.2. The second kappa shape index (κ2) is 7.26. The summed E-state index contributed by atoms with van der Waals surface area (Å²) in [5.41, 5.74) is 6.00. The van der Waals surface area contributed by atoms with Crippen molar-refractivity contribution in [1.29, 1.82) is 0 Å². The monoisotopic (exact) mass is 319 g/mol. The quantitative estimate of drug-likeness (QED) is 0.753. The third-order valence-electron chi connectivity index (χ3n) is 3.03. The lowest BCUT2D eigenvalue weighted by Gasteiger charge is -2.23. The summed E-state index contributed by atoms with van der Waals surface area (Å²) in [7, 11) is -3.63. The molecule has 1 aromatic carbocycles. The fourth-order valence-electron chi connectivity index (χ4n) is 1.97. The van der Waals surface area contributed by atoms with Gasteiger partial charge in [-0.15, -0.1) is 0 Å². The first kappa shape index (κ1) is 17.2. The van der Waals surface area contributed by atoms with Crippen molar-refractivity contribution in [3.8, 4) is 0 Å². The molecule has 0 aromatic heterocycles. The number of nitrogens with one attached hydrogen (secondary N) is 1. The van der Waals surface area contributed by atoms with E-state index in [0.29, 0.717) is 12.2 Å². The van der Waals surface area contributed by atoms with Gasteiger partial charge in [0.25, 0.3) is 0 Å². The van der Waals surface area contributed by atoms with Crippen LogP contribution in [-0.4, -0.2) is 39.0 Å². The molecule has 0 aliphatic heterocycles.